The Labute approximate surface area is 70.0 Å². The van der Waals surface area contributed by atoms with Crippen molar-refractivity contribution in [2.75, 3.05) is 0 Å². The van der Waals surface area contributed by atoms with E-state index in [1.165, 1.54) is 6.42 Å². The van der Waals surface area contributed by atoms with Gasteiger partial charge in [0, 0.05) is 12.8 Å². The fraction of sp³-hybridized carbons (Fsp3) is 0.833. The van der Waals surface area contributed by atoms with Crippen LogP contribution in [0.5, 0.6) is 0 Å². The van der Waals surface area contributed by atoms with E-state index in [0.717, 1.165) is 25.7 Å². The first-order chi connectivity index (χ1) is 3.39. The van der Waals surface area contributed by atoms with Crippen molar-refractivity contribution in [3.8, 4) is 0 Å². The summed E-state index contributed by atoms with van der Waals surface area (Å²) in [5, 5.41) is 0. The van der Waals surface area contributed by atoms with E-state index in [2.05, 4.69) is 0 Å². The number of carbonyl (C=O) groups is 1. The molecular formula is C6H12OPb. The van der Waals surface area contributed by atoms with Crippen molar-refractivity contribution in [1.29, 1.82) is 0 Å². The second kappa shape index (κ2) is 4.47. The van der Waals surface area contributed by atoms with E-state index in [1.54, 1.807) is 0 Å². The maximum absolute atomic E-state index is 10.5. The van der Waals surface area contributed by atoms with E-state index in [0.29, 0.717) is 5.78 Å². The van der Waals surface area contributed by atoms with Crippen LogP contribution in [0.4, 0.5) is 0 Å². The van der Waals surface area contributed by atoms with Crippen LogP contribution in [0, 0.1) is 0 Å². The first-order valence-corrected chi connectivity index (χ1v) is 2.91. The van der Waals surface area contributed by atoms with Gasteiger partial charge in [-0.3, -0.25) is 4.79 Å². The molecule has 0 unspecified atom stereocenters. The predicted molar refractivity (Wildman–Crippen MR) is 36.6 cm³/mol. The van der Waals surface area contributed by atoms with Crippen LogP contribution >= 0.6 is 0 Å². The topological polar surface area (TPSA) is 17.1 Å². The molecule has 0 amide bonds. The fourth-order valence-electron chi connectivity index (χ4n) is 0.946. The number of Topliss-reactive ketones (excluding diaryl/α,β-unsaturated/α-hetero) is 1. The molecular weight excluding hydrogens is 295 g/mol. The molecule has 0 atom stereocenters. The second-order valence-corrected chi connectivity index (χ2v) is 2.10. The molecule has 1 rings (SSSR count). The van der Waals surface area contributed by atoms with Crippen molar-refractivity contribution in [3.63, 3.8) is 0 Å². The summed E-state index contributed by atoms with van der Waals surface area (Å²) in [6, 6.07) is 0. The van der Waals surface area contributed by atoms with Gasteiger partial charge in [-0.1, -0.05) is 6.42 Å². The number of hydrogen-bond donors (Lipinski definition) is 0. The molecule has 0 aliphatic heterocycles. The molecule has 1 aliphatic carbocycles. The van der Waals surface area contributed by atoms with Crippen molar-refractivity contribution < 1.29 is 4.79 Å². The van der Waals surface area contributed by atoms with Crippen LogP contribution < -0.4 is 0 Å². The maximum atomic E-state index is 10.5. The molecule has 8 heavy (non-hydrogen) atoms. The van der Waals surface area contributed by atoms with Gasteiger partial charge in [-0.05, 0) is 12.8 Å². The van der Waals surface area contributed by atoms with Crippen molar-refractivity contribution in [2.24, 2.45) is 0 Å². The average Bonchev–Trinajstić information content (AvgIpc) is 1.69. The molecule has 2 radical (unpaired) electrons. The predicted octanol–water partition coefficient (Wildman–Crippen LogP) is 0.603. The van der Waals surface area contributed by atoms with Crippen molar-refractivity contribution in [3.05, 3.63) is 0 Å². The Bertz CT molecular complexity index is 72.6. The number of ketones is 1. The Hall–Kier alpha value is 0.592. The molecule has 0 heterocycles. The molecule has 0 aromatic heterocycles. The summed E-state index contributed by atoms with van der Waals surface area (Å²) in [6.07, 6.45) is 5.24. The Morgan fingerprint density at radius 2 is 1.50 bits per heavy atom. The summed E-state index contributed by atoms with van der Waals surface area (Å²) in [5.41, 5.74) is 0. The van der Waals surface area contributed by atoms with E-state index < -0.39 is 0 Å². The average molecular weight is 307 g/mol. The van der Waals surface area contributed by atoms with Crippen LogP contribution in [-0.2, 0) is 4.79 Å². The van der Waals surface area contributed by atoms with E-state index in [9.17, 15) is 4.79 Å². The molecule has 0 bridgehead atoms. The van der Waals surface area contributed by atoms with Gasteiger partial charge in [0.2, 0.25) is 0 Å². The van der Waals surface area contributed by atoms with E-state index in [-0.39, 0.29) is 27.3 Å². The zero-order chi connectivity index (χ0) is 5.11. The second-order valence-electron chi connectivity index (χ2n) is 2.10. The molecule has 1 aliphatic rings. The van der Waals surface area contributed by atoms with Gasteiger partial charge in [-0.25, -0.2) is 0 Å². The molecule has 0 saturated heterocycles. The van der Waals surface area contributed by atoms with Gasteiger partial charge in [0.05, 0.1) is 0 Å². The van der Waals surface area contributed by atoms with Crippen LogP contribution in [-0.4, -0.2) is 33.1 Å². The summed E-state index contributed by atoms with van der Waals surface area (Å²) >= 11 is 0. The molecule has 0 N–H and O–H groups in total. The monoisotopic (exact) mass is 308 g/mol. The van der Waals surface area contributed by atoms with Crippen molar-refractivity contribution in [2.45, 2.75) is 32.1 Å². The van der Waals surface area contributed by atoms with Crippen LogP contribution in [0.1, 0.15) is 32.1 Å². The molecule has 1 saturated carbocycles. The normalized spacial score (nSPS) is 19.8. The third kappa shape index (κ3) is 2.79. The summed E-state index contributed by atoms with van der Waals surface area (Å²) < 4.78 is 0. The van der Waals surface area contributed by atoms with Gasteiger partial charge in [0.15, 0.2) is 0 Å². The molecule has 0 spiro atoms. The van der Waals surface area contributed by atoms with Gasteiger partial charge in [-0.15, -0.1) is 0 Å². The number of hydrogen-bond acceptors (Lipinski definition) is 1. The third-order valence-corrected chi connectivity index (χ3v) is 1.41. The summed E-state index contributed by atoms with van der Waals surface area (Å²) in [5.74, 6) is 0.464. The van der Waals surface area contributed by atoms with Crippen molar-refractivity contribution in [1.82, 2.24) is 0 Å². The van der Waals surface area contributed by atoms with Gasteiger partial charge >= 0.3 is 27.3 Å². The summed E-state index contributed by atoms with van der Waals surface area (Å²) in [7, 11) is 0. The zero-order valence-corrected chi connectivity index (χ0v) is 10.6. The Morgan fingerprint density at radius 3 is 1.75 bits per heavy atom. The number of rotatable bonds is 0. The van der Waals surface area contributed by atoms with Crippen LogP contribution in [0.15, 0.2) is 0 Å². The van der Waals surface area contributed by atoms with Crippen LogP contribution in [0.3, 0.4) is 0 Å². The molecule has 1 fully saturated rings. The minimum atomic E-state index is 0. The fourth-order valence-corrected chi connectivity index (χ4v) is 0.946. The molecule has 0 aromatic carbocycles. The van der Waals surface area contributed by atoms with Gasteiger partial charge < -0.3 is 0 Å². The molecule has 46 valence electrons. The summed E-state index contributed by atoms with van der Waals surface area (Å²) in [4.78, 5) is 10.5. The zero-order valence-electron chi connectivity index (χ0n) is 5.15. The van der Waals surface area contributed by atoms with Gasteiger partial charge in [0.1, 0.15) is 5.78 Å². The van der Waals surface area contributed by atoms with E-state index >= 15 is 0 Å². The molecule has 0 aromatic rings. The van der Waals surface area contributed by atoms with Crippen LogP contribution in [0.25, 0.3) is 0 Å². The Balaban J connectivity index is 0.000000490. The number of carbonyl (C=O) groups excluding carboxylic acids is 1. The van der Waals surface area contributed by atoms with Crippen molar-refractivity contribution >= 4 is 33.1 Å². The summed E-state index contributed by atoms with van der Waals surface area (Å²) in [6.45, 7) is 0. The molecule has 2 heteroatoms. The van der Waals surface area contributed by atoms with Crippen LogP contribution in [0.2, 0.25) is 0 Å². The first-order valence-electron chi connectivity index (χ1n) is 2.91. The third-order valence-electron chi connectivity index (χ3n) is 1.41. The van der Waals surface area contributed by atoms with Gasteiger partial charge in [-0.2, -0.15) is 0 Å². The SMILES string of the molecule is O=C1CCCCC1.[PbH2]. The van der Waals surface area contributed by atoms with E-state index in [1.807, 2.05) is 0 Å². The standard InChI is InChI=1S/C6H10O.Pb.2H/c7-6-4-2-1-3-5-6;;;/h1-5H2;;;. The van der Waals surface area contributed by atoms with E-state index in [4.69, 9.17) is 0 Å². The minimum absolute atomic E-state index is 0. The quantitative estimate of drug-likeness (QED) is 0.599. The Morgan fingerprint density at radius 1 is 1.00 bits per heavy atom. The molecule has 1 nitrogen and oxygen atoms in total. The van der Waals surface area contributed by atoms with Gasteiger partial charge in [0.25, 0.3) is 0 Å². The first kappa shape index (κ1) is 8.59. The Kier molecular flexibility index (Phi) is 4.80.